The lowest BCUT2D eigenvalue weighted by atomic mass is 10.1. The van der Waals surface area contributed by atoms with E-state index in [0.717, 1.165) is 11.3 Å². The Morgan fingerprint density at radius 1 is 1.44 bits per heavy atom. The molecule has 0 spiro atoms. The van der Waals surface area contributed by atoms with Gasteiger partial charge in [0.25, 0.3) is 0 Å². The smallest absolute Gasteiger partial charge is 0.109 e. The molecule has 4 heteroatoms. The predicted octanol–water partition coefficient (Wildman–Crippen LogP) is 3.92. The largest absolute Gasteiger partial charge is 0.466 e. The molecule has 0 aliphatic carbocycles. The first-order valence-corrected chi connectivity index (χ1v) is 5.79. The highest BCUT2D eigenvalue weighted by molar-refractivity contribution is 6.53. The van der Waals surface area contributed by atoms with Crippen molar-refractivity contribution in [1.82, 2.24) is 4.98 Å². The summed E-state index contributed by atoms with van der Waals surface area (Å²) >= 11 is 6.29. The van der Waals surface area contributed by atoms with E-state index in [0.29, 0.717) is 21.9 Å². The number of hydrogen-bond acceptors (Lipinski definition) is 3. The summed E-state index contributed by atoms with van der Waals surface area (Å²) < 4.78 is 5.42. The van der Waals surface area contributed by atoms with E-state index in [4.69, 9.17) is 16.0 Å². The third kappa shape index (κ3) is 2.29. The molecule has 0 N–H and O–H groups in total. The fourth-order valence-corrected chi connectivity index (χ4v) is 2.07. The molecule has 2 aromatic heterocycles. The summed E-state index contributed by atoms with van der Waals surface area (Å²) in [6.07, 6.45) is 3.27. The molecular weight excluding hydrogens is 248 g/mol. The molecule has 18 heavy (non-hydrogen) atoms. The van der Waals surface area contributed by atoms with E-state index >= 15 is 0 Å². The molecule has 0 bridgehead atoms. The molecule has 0 atom stereocenters. The first-order valence-electron chi connectivity index (χ1n) is 5.41. The second-order valence-corrected chi connectivity index (χ2v) is 4.25. The van der Waals surface area contributed by atoms with Crippen molar-refractivity contribution < 1.29 is 4.42 Å². The van der Waals surface area contributed by atoms with E-state index in [1.807, 2.05) is 19.9 Å². The van der Waals surface area contributed by atoms with Crippen molar-refractivity contribution in [3.05, 3.63) is 53.2 Å². The van der Waals surface area contributed by atoms with E-state index in [1.165, 1.54) is 0 Å². The van der Waals surface area contributed by atoms with Crippen LogP contribution in [0.2, 0.25) is 0 Å². The van der Waals surface area contributed by atoms with Gasteiger partial charge in [-0.3, -0.25) is 4.98 Å². The van der Waals surface area contributed by atoms with Crippen LogP contribution in [0.3, 0.4) is 0 Å². The average molecular weight is 259 g/mol. The first kappa shape index (κ1) is 12.4. The zero-order valence-electron chi connectivity index (χ0n) is 10.1. The minimum Gasteiger partial charge on any atom is -0.466 e. The van der Waals surface area contributed by atoms with Gasteiger partial charge in [0.05, 0.1) is 10.6 Å². The Kier molecular flexibility index (Phi) is 3.50. The van der Waals surface area contributed by atoms with Crippen LogP contribution in [0.25, 0.3) is 10.6 Å². The predicted molar refractivity (Wildman–Crippen MR) is 70.7 cm³/mol. The summed E-state index contributed by atoms with van der Waals surface area (Å²) in [7, 11) is 0. The highest BCUT2D eigenvalue weighted by atomic mass is 35.5. The van der Waals surface area contributed by atoms with Gasteiger partial charge in [0, 0.05) is 23.5 Å². The highest BCUT2D eigenvalue weighted by Gasteiger charge is 2.14. The number of aryl methyl sites for hydroxylation is 2. The number of nitrogens with zero attached hydrogens (tertiary/aromatic N) is 2. The number of halogens is 1. The number of allylic oxidation sites excluding steroid dienone is 1. The maximum Gasteiger partial charge on any atom is 0.109 e. The molecular formula is C14H11ClN2O. The van der Waals surface area contributed by atoms with E-state index < -0.39 is 0 Å². The number of furan rings is 1. The molecule has 2 heterocycles. The van der Waals surface area contributed by atoms with Gasteiger partial charge in [-0.2, -0.15) is 5.26 Å². The Morgan fingerprint density at radius 2 is 2.22 bits per heavy atom. The number of nitriles is 1. The molecule has 0 saturated carbocycles. The molecule has 0 fully saturated rings. The van der Waals surface area contributed by atoms with Gasteiger partial charge in [0.1, 0.15) is 17.6 Å². The Morgan fingerprint density at radius 3 is 2.72 bits per heavy atom. The minimum absolute atomic E-state index is 0.389. The van der Waals surface area contributed by atoms with Crippen molar-refractivity contribution in [2.24, 2.45) is 0 Å². The second kappa shape index (κ2) is 5.07. The lowest BCUT2D eigenvalue weighted by Gasteiger charge is -2.02. The van der Waals surface area contributed by atoms with Crippen LogP contribution in [0.1, 0.15) is 22.6 Å². The Labute approximate surface area is 110 Å². The van der Waals surface area contributed by atoms with Crippen molar-refractivity contribution in [2.75, 3.05) is 0 Å². The zero-order chi connectivity index (χ0) is 13.1. The van der Waals surface area contributed by atoms with Gasteiger partial charge >= 0.3 is 0 Å². The number of aromatic nitrogens is 1. The van der Waals surface area contributed by atoms with Crippen LogP contribution in [-0.2, 0) is 0 Å². The highest BCUT2D eigenvalue weighted by Crippen LogP contribution is 2.32. The van der Waals surface area contributed by atoms with Crippen LogP contribution >= 0.6 is 11.6 Å². The van der Waals surface area contributed by atoms with Crippen molar-refractivity contribution in [1.29, 1.82) is 5.26 Å². The molecule has 90 valence electrons. The number of pyridine rings is 1. The maximum atomic E-state index is 9.26. The summed E-state index contributed by atoms with van der Waals surface area (Å²) in [6.45, 7) is 3.67. The van der Waals surface area contributed by atoms with Gasteiger partial charge in [-0.25, -0.2) is 0 Å². The van der Waals surface area contributed by atoms with Crippen LogP contribution in [-0.4, -0.2) is 4.98 Å². The lowest BCUT2D eigenvalue weighted by Crippen LogP contribution is -1.87. The van der Waals surface area contributed by atoms with Gasteiger partial charge in [-0.15, -0.1) is 0 Å². The van der Waals surface area contributed by atoms with E-state index in [9.17, 15) is 5.26 Å². The molecule has 0 aliphatic heterocycles. The molecule has 0 aliphatic rings. The van der Waals surface area contributed by atoms with E-state index in [1.54, 1.807) is 24.5 Å². The molecule has 0 amide bonds. The van der Waals surface area contributed by atoms with E-state index in [-0.39, 0.29) is 0 Å². The molecule has 0 saturated heterocycles. The van der Waals surface area contributed by atoms with E-state index in [2.05, 4.69) is 11.1 Å². The summed E-state index contributed by atoms with van der Waals surface area (Å²) in [4.78, 5) is 3.99. The normalized spacial score (nSPS) is 11.9. The Bertz CT molecular complexity index is 636. The Balaban J connectivity index is 2.58. The van der Waals surface area contributed by atoms with Crippen LogP contribution in [0.5, 0.6) is 0 Å². The molecule has 3 nitrogen and oxygen atoms in total. The number of rotatable bonds is 2. The van der Waals surface area contributed by atoms with Crippen molar-refractivity contribution >= 4 is 22.2 Å². The second-order valence-electron chi connectivity index (χ2n) is 3.87. The summed E-state index contributed by atoms with van der Waals surface area (Å²) in [5.74, 6) is 1.47. The number of hydrogen-bond donors (Lipinski definition) is 0. The van der Waals surface area contributed by atoms with Crippen LogP contribution < -0.4 is 0 Å². The first-order chi connectivity index (χ1) is 8.63. The summed E-state index contributed by atoms with van der Waals surface area (Å²) in [5.41, 5.74) is 1.84. The Hall–Kier alpha value is -2.05. The quantitative estimate of drug-likeness (QED) is 0.767. The van der Waals surface area contributed by atoms with Gasteiger partial charge in [-0.1, -0.05) is 17.7 Å². The molecule has 0 aromatic carbocycles. The van der Waals surface area contributed by atoms with Gasteiger partial charge in [0.15, 0.2) is 0 Å². The average Bonchev–Trinajstić information content (AvgIpc) is 2.70. The van der Waals surface area contributed by atoms with Gasteiger partial charge < -0.3 is 4.42 Å². The van der Waals surface area contributed by atoms with Crippen LogP contribution in [0.4, 0.5) is 0 Å². The molecule has 2 aromatic rings. The van der Waals surface area contributed by atoms with Gasteiger partial charge in [0.2, 0.25) is 0 Å². The summed E-state index contributed by atoms with van der Waals surface area (Å²) in [5, 5.41) is 9.65. The monoisotopic (exact) mass is 258 g/mol. The third-order valence-electron chi connectivity index (χ3n) is 2.56. The minimum atomic E-state index is 0.389. The SMILES string of the molecule is Cc1cc(/C(Cl)=C(/C#N)c2cccnc2)c(C)o1. The third-order valence-corrected chi connectivity index (χ3v) is 2.95. The zero-order valence-corrected chi connectivity index (χ0v) is 10.8. The standard InChI is InChI=1S/C14H11ClN2O/c1-9-6-12(10(2)18-9)14(15)13(7-16)11-4-3-5-17-8-11/h3-6,8H,1-2H3/b14-13+. The van der Waals surface area contributed by atoms with Crippen LogP contribution in [0, 0.1) is 25.2 Å². The summed E-state index contributed by atoms with van der Waals surface area (Å²) in [6, 6.07) is 7.51. The molecule has 2 rings (SSSR count). The van der Waals surface area contributed by atoms with Crippen molar-refractivity contribution in [2.45, 2.75) is 13.8 Å². The fourth-order valence-electron chi connectivity index (χ4n) is 1.73. The fraction of sp³-hybridized carbons (Fsp3) is 0.143. The maximum absolute atomic E-state index is 9.26. The topological polar surface area (TPSA) is 49.8 Å². The van der Waals surface area contributed by atoms with Crippen molar-refractivity contribution in [3.8, 4) is 6.07 Å². The van der Waals surface area contributed by atoms with Crippen LogP contribution in [0.15, 0.2) is 35.0 Å². The molecule has 0 radical (unpaired) electrons. The van der Waals surface area contributed by atoms with Gasteiger partial charge in [-0.05, 0) is 26.0 Å². The molecule has 0 unspecified atom stereocenters. The van der Waals surface area contributed by atoms with Crippen molar-refractivity contribution in [3.63, 3.8) is 0 Å². The lowest BCUT2D eigenvalue weighted by molar-refractivity contribution is 0.504.